The summed E-state index contributed by atoms with van der Waals surface area (Å²) in [7, 11) is -3.09. The molecule has 2 fully saturated rings. The van der Waals surface area contributed by atoms with E-state index in [9.17, 15) is 8.42 Å². The van der Waals surface area contributed by atoms with Gasteiger partial charge >= 0.3 is 0 Å². The number of hydrogen-bond acceptors (Lipinski definition) is 6. The van der Waals surface area contributed by atoms with E-state index in [1.807, 2.05) is 11.6 Å². The molecule has 1 aliphatic heterocycles. The van der Waals surface area contributed by atoms with E-state index in [0.29, 0.717) is 18.0 Å². The fourth-order valence-electron chi connectivity index (χ4n) is 3.69. The lowest BCUT2D eigenvalue weighted by molar-refractivity contribution is 0.193. The first-order valence-corrected chi connectivity index (χ1v) is 11.0. The Bertz CT molecular complexity index is 597. The summed E-state index contributed by atoms with van der Waals surface area (Å²) in [6.45, 7) is 4.56. The van der Waals surface area contributed by atoms with E-state index in [2.05, 4.69) is 19.9 Å². The lowest BCUT2D eigenvalue weighted by Gasteiger charge is -2.29. The number of nitrogens with one attached hydrogen (secondary N) is 2. The fraction of sp³-hybridized carbons (Fsp3) is 0.800. The van der Waals surface area contributed by atoms with Crippen LogP contribution in [0.25, 0.3) is 0 Å². The summed E-state index contributed by atoms with van der Waals surface area (Å²) in [5.74, 6) is 0. The van der Waals surface area contributed by atoms with E-state index in [4.69, 9.17) is 0 Å². The smallest absolute Gasteiger partial charge is 0.208 e. The molecule has 1 saturated carbocycles. The summed E-state index contributed by atoms with van der Waals surface area (Å²) in [4.78, 5) is 6.94. The van der Waals surface area contributed by atoms with E-state index in [0.717, 1.165) is 37.6 Å². The Kier molecular flexibility index (Phi) is 5.37. The first kappa shape index (κ1) is 17.3. The van der Waals surface area contributed by atoms with E-state index in [1.54, 1.807) is 11.3 Å². The molecule has 1 atom stereocenters. The zero-order chi connectivity index (χ0) is 16.3. The van der Waals surface area contributed by atoms with Crippen LogP contribution in [0.4, 0.5) is 0 Å². The van der Waals surface area contributed by atoms with Crippen molar-refractivity contribution in [1.29, 1.82) is 0 Å². The normalized spacial score (nSPS) is 23.5. The minimum absolute atomic E-state index is 0.493. The lowest BCUT2D eigenvalue weighted by atomic mass is 9.93. The van der Waals surface area contributed by atoms with Crippen LogP contribution in [0, 0.1) is 5.41 Å². The molecule has 1 saturated heterocycles. The van der Waals surface area contributed by atoms with Crippen molar-refractivity contribution < 1.29 is 8.42 Å². The van der Waals surface area contributed by atoms with Crippen molar-refractivity contribution in [2.75, 3.05) is 32.4 Å². The second kappa shape index (κ2) is 7.14. The summed E-state index contributed by atoms with van der Waals surface area (Å²) in [6.07, 6.45) is 7.70. The van der Waals surface area contributed by atoms with Gasteiger partial charge in [0, 0.05) is 30.7 Å². The average Bonchev–Trinajstić information content (AvgIpc) is 2.95. The van der Waals surface area contributed by atoms with Gasteiger partial charge in [-0.25, -0.2) is 18.1 Å². The highest BCUT2D eigenvalue weighted by atomic mass is 32.2. The van der Waals surface area contributed by atoms with Crippen LogP contribution < -0.4 is 10.0 Å². The molecular formula is C15H26N4O2S2. The van der Waals surface area contributed by atoms with E-state index >= 15 is 0 Å². The molecule has 0 radical (unpaired) electrons. The number of nitrogens with zero attached hydrogens (tertiary/aromatic N) is 2. The molecule has 2 heterocycles. The van der Waals surface area contributed by atoms with Crippen molar-refractivity contribution >= 4 is 21.4 Å². The standard InChI is InChI=1S/C15H26N4O2S2/c1-23(20,21)18-5-2-9-19(12-14-17-8-10-22-14)13-11-15(13)3-6-16-7-4-15/h8,10,13,16,18H,2-7,9,11-12H2,1H3/t13-/m1/s1. The summed E-state index contributed by atoms with van der Waals surface area (Å²) in [5.41, 5.74) is 0.493. The van der Waals surface area contributed by atoms with Crippen molar-refractivity contribution in [2.45, 2.75) is 38.3 Å². The zero-order valence-electron chi connectivity index (χ0n) is 13.6. The number of sulfonamides is 1. The lowest BCUT2D eigenvalue weighted by Crippen LogP contribution is -2.37. The Hall–Kier alpha value is -0.540. The average molecular weight is 359 g/mol. The van der Waals surface area contributed by atoms with Gasteiger partial charge in [0.25, 0.3) is 0 Å². The van der Waals surface area contributed by atoms with Gasteiger partial charge in [-0.15, -0.1) is 11.3 Å². The second-order valence-electron chi connectivity index (χ2n) is 6.75. The van der Waals surface area contributed by atoms with Gasteiger partial charge in [0.2, 0.25) is 10.0 Å². The molecule has 2 N–H and O–H groups in total. The van der Waals surface area contributed by atoms with Gasteiger partial charge in [-0.3, -0.25) is 4.90 Å². The van der Waals surface area contributed by atoms with E-state index in [1.165, 1.54) is 25.5 Å². The quantitative estimate of drug-likeness (QED) is 0.679. The molecule has 1 spiro atoms. The summed E-state index contributed by atoms with van der Waals surface area (Å²) in [5, 5.41) is 6.62. The number of thiazole rings is 1. The van der Waals surface area contributed by atoms with Crippen molar-refractivity contribution in [1.82, 2.24) is 19.9 Å². The maximum absolute atomic E-state index is 11.2. The van der Waals surface area contributed by atoms with Crippen LogP contribution in [0.1, 0.15) is 30.7 Å². The van der Waals surface area contributed by atoms with Crippen molar-refractivity contribution in [3.63, 3.8) is 0 Å². The largest absolute Gasteiger partial charge is 0.317 e. The predicted octanol–water partition coefficient (Wildman–Crippen LogP) is 1.03. The molecular weight excluding hydrogens is 332 g/mol. The van der Waals surface area contributed by atoms with Crippen LogP contribution in [-0.4, -0.2) is 56.8 Å². The Balaban J connectivity index is 1.56. The molecule has 8 heteroatoms. The molecule has 3 rings (SSSR count). The minimum atomic E-state index is -3.09. The van der Waals surface area contributed by atoms with Crippen molar-refractivity contribution in [3.8, 4) is 0 Å². The Morgan fingerprint density at radius 1 is 1.48 bits per heavy atom. The van der Waals surface area contributed by atoms with E-state index in [-0.39, 0.29) is 0 Å². The predicted molar refractivity (Wildman–Crippen MR) is 92.9 cm³/mol. The first-order chi connectivity index (χ1) is 11.0. The van der Waals surface area contributed by atoms with Gasteiger partial charge in [0.15, 0.2) is 0 Å². The monoisotopic (exact) mass is 358 g/mol. The third-order valence-corrected chi connectivity index (χ3v) is 6.49. The third-order valence-electron chi connectivity index (χ3n) is 4.99. The van der Waals surface area contributed by atoms with E-state index < -0.39 is 10.0 Å². The summed E-state index contributed by atoms with van der Waals surface area (Å²) < 4.78 is 25.0. The Labute approximate surface area is 142 Å². The molecule has 1 aromatic rings. The van der Waals surface area contributed by atoms with Crippen LogP contribution in [0.2, 0.25) is 0 Å². The molecule has 0 unspecified atom stereocenters. The van der Waals surface area contributed by atoms with Gasteiger partial charge in [0.1, 0.15) is 5.01 Å². The number of piperidine rings is 1. The number of rotatable bonds is 8. The number of aromatic nitrogens is 1. The highest BCUT2D eigenvalue weighted by Crippen LogP contribution is 2.56. The molecule has 0 amide bonds. The van der Waals surface area contributed by atoms with Crippen LogP contribution in [0.5, 0.6) is 0 Å². The van der Waals surface area contributed by atoms with Crippen LogP contribution in [0.15, 0.2) is 11.6 Å². The zero-order valence-corrected chi connectivity index (χ0v) is 15.3. The van der Waals surface area contributed by atoms with Gasteiger partial charge in [-0.2, -0.15) is 0 Å². The van der Waals surface area contributed by atoms with Crippen LogP contribution in [0.3, 0.4) is 0 Å². The number of hydrogen-bond donors (Lipinski definition) is 2. The van der Waals surface area contributed by atoms with Gasteiger partial charge in [-0.1, -0.05) is 0 Å². The van der Waals surface area contributed by atoms with Gasteiger partial charge < -0.3 is 5.32 Å². The molecule has 1 aromatic heterocycles. The maximum Gasteiger partial charge on any atom is 0.208 e. The third kappa shape index (κ3) is 4.73. The highest BCUT2D eigenvalue weighted by molar-refractivity contribution is 7.88. The summed E-state index contributed by atoms with van der Waals surface area (Å²) >= 11 is 1.70. The Morgan fingerprint density at radius 2 is 2.26 bits per heavy atom. The van der Waals surface area contributed by atoms with Crippen LogP contribution in [-0.2, 0) is 16.6 Å². The summed E-state index contributed by atoms with van der Waals surface area (Å²) in [6, 6.07) is 0.631. The molecule has 0 bridgehead atoms. The SMILES string of the molecule is CS(=O)(=O)NCCCN(Cc1nccs1)[C@@H]1CC12CCNCC2. The first-order valence-electron chi connectivity index (χ1n) is 8.26. The highest BCUT2D eigenvalue weighted by Gasteiger charge is 2.56. The minimum Gasteiger partial charge on any atom is -0.317 e. The molecule has 1 aliphatic carbocycles. The topological polar surface area (TPSA) is 74.3 Å². The van der Waals surface area contributed by atoms with Crippen molar-refractivity contribution in [3.05, 3.63) is 16.6 Å². The molecule has 130 valence electrons. The second-order valence-corrected chi connectivity index (χ2v) is 9.56. The van der Waals surface area contributed by atoms with Crippen molar-refractivity contribution in [2.24, 2.45) is 5.41 Å². The van der Waals surface area contributed by atoms with Gasteiger partial charge in [-0.05, 0) is 44.2 Å². The molecule has 2 aliphatic rings. The Morgan fingerprint density at radius 3 is 2.91 bits per heavy atom. The van der Waals surface area contributed by atoms with Crippen LogP contribution >= 0.6 is 11.3 Å². The molecule has 0 aromatic carbocycles. The molecule has 23 heavy (non-hydrogen) atoms. The fourth-order valence-corrected chi connectivity index (χ4v) is 4.85. The maximum atomic E-state index is 11.2. The van der Waals surface area contributed by atoms with Gasteiger partial charge in [0.05, 0.1) is 12.8 Å². The molecule has 6 nitrogen and oxygen atoms in total.